The van der Waals surface area contributed by atoms with Crippen molar-refractivity contribution in [2.24, 2.45) is 0 Å². The number of aromatic nitrogens is 2. The van der Waals surface area contributed by atoms with E-state index in [9.17, 15) is 22.0 Å². The predicted octanol–water partition coefficient (Wildman–Crippen LogP) is 8.57. The van der Waals surface area contributed by atoms with Crippen LogP contribution in [0.5, 0.6) is 11.5 Å². The molecule has 0 fully saturated rings. The van der Waals surface area contributed by atoms with Crippen molar-refractivity contribution in [3.05, 3.63) is 95.6 Å². The molecule has 0 aliphatic rings. The Kier molecular flexibility index (Phi) is 5.80. The molecule has 176 valence electrons. The maximum Gasteiger partial charge on any atom is 0.280 e. The van der Waals surface area contributed by atoms with Gasteiger partial charge in [-0.15, -0.1) is 0 Å². The van der Waals surface area contributed by atoms with Crippen molar-refractivity contribution >= 4 is 21.8 Å². The molecule has 2 heterocycles. The summed E-state index contributed by atoms with van der Waals surface area (Å²) in [5.74, 6) is -0.911. The highest BCUT2D eigenvalue weighted by atomic mass is 19.3. The number of halogens is 5. The summed E-state index contributed by atoms with van der Waals surface area (Å²) in [6.07, 6.45) is -4.32. The van der Waals surface area contributed by atoms with Gasteiger partial charge in [0.1, 0.15) is 28.5 Å². The van der Waals surface area contributed by atoms with Gasteiger partial charge in [-0.05, 0) is 48.4 Å². The minimum atomic E-state index is -2.99. The van der Waals surface area contributed by atoms with Gasteiger partial charge in [0, 0.05) is 34.2 Å². The summed E-state index contributed by atoms with van der Waals surface area (Å²) in [4.78, 5) is 8.06. The Morgan fingerprint density at radius 3 is 2.37 bits per heavy atom. The van der Waals surface area contributed by atoms with Crippen molar-refractivity contribution in [3.63, 3.8) is 0 Å². The molecular weight excluding hydrogens is 463 g/mol. The smallest absolute Gasteiger partial charge is 0.280 e. The number of para-hydroxylation sites is 1. The molecule has 0 atom stereocenters. The molecule has 0 saturated heterocycles. The van der Waals surface area contributed by atoms with E-state index in [1.807, 2.05) is 19.1 Å². The highest BCUT2D eigenvalue weighted by molar-refractivity contribution is 5.97. The number of pyridine rings is 2. The number of alkyl halides is 4. The van der Waals surface area contributed by atoms with Crippen LogP contribution in [-0.2, 0) is 0 Å². The Morgan fingerprint density at radius 2 is 1.60 bits per heavy atom. The van der Waals surface area contributed by atoms with Gasteiger partial charge in [-0.3, -0.25) is 4.98 Å². The molecule has 0 bridgehead atoms. The molecule has 0 radical (unpaired) electrons. The predicted molar refractivity (Wildman–Crippen MR) is 124 cm³/mol. The average Bonchev–Trinajstić information content (AvgIpc) is 2.83. The van der Waals surface area contributed by atoms with Gasteiger partial charge in [0.15, 0.2) is 0 Å². The fourth-order valence-corrected chi connectivity index (χ4v) is 4.10. The molecule has 3 nitrogen and oxygen atoms in total. The molecule has 0 N–H and O–H groups in total. The topological polar surface area (TPSA) is 35.0 Å². The Morgan fingerprint density at radius 1 is 0.800 bits per heavy atom. The lowest BCUT2D eigenvalue weighted by atomic mass is 9.95. The summed E-state index contributed by atoms with van der Waals surface area (Å²) < 4.78 is 75.7. The third kappa shape index (κ3) is 4.16. The van der Waals surface area contributed by atoms with Gasteiger partial charge >= 0.3 is 0 Å². The van der Waals surface area contributed by atoms with Crippen molar-refractivity contribution in [2.75, 3.05) is 0 Å². The van der Waals surface area contributed by atoms with Crippen LogP contribution in [0, 0.1) is 12.7 Å². The van der Waals surface area contributed by atoms with Crippen LogP contribution in [0.25, 0.3) is 32.9 Å². The van der Waals surface area contributed by atoms with Gasteiger partial charge in [-0.2, -0.15) is 0 Å². The van der Waals surface area contributed by atoms with Crippen LogP contribution in [0.1, 0.15) is 29.7 Å². The number of aryl methyl sites for hydroxylation is 1. The number of rotatable bonds is 5. The molecule has 0 saturated carbocycles. The van der Waals surface area contributed by atoms with E-state index in [2.05, 4.69) is 9.97 Å². The van der Waals surface area contributed by atoms with Gasteiger partial charge in [-0.1, -0.05) is 30.3 Å². The quantitative estimate of drug-likeness (QED) is 0.236. The lowest BCUT2D eigenvalue weighted by Gasteiger charge is -2.18. The van der Waals surface area contributed by atoms with Crippen LogP contribution >= 0.6 is 0 Å². The Bertz CT molecular complexity index is 1570. The standard InChI is InChI=1S/C27H17F5N2O/c1-14-8-9-15-16(10-11-33-20(15)12-14)24-18(26(29)30)5-3-7-22(24)35-23-13-21(27(31)32)34-25-17(23)4-2-6-19(25)28/h2-13,26-27H,1H3. The number of ether oxygens (including phenoxy) is 1. The van der Waals surface area contributed by atoms with E-state index in [1.54, 1.807) is 12.1 Å². The van der Waals surface area contributed by atoms with Gasteiger partial charge in [0.25, 0.3) is 12.9 Å². The number of hydrogen-bond acceptors (Lipinski definition) is 3. The van der Waals surface area contributed by atoms with E-state index in [-0.39, 0.29) is 33.5 Å². The molecule has 3 aromatic carbocycles. The fourth-order valence-electron chi connectivity index (χ4n) is 4.10. The van der Waals surface area contributed by atoms with E-state index < -0.39 is 24.4 Å². The maximum atomic E-state index is 14.4. The van der Waals surface area contributed by atoms with Crippen molar-refractivity contribution < 1.29 is 26.7 Å². The monoisotopic (exact) mass is 480 g/mol. The van der Waals surface area contributed by atoms with Crippen molar-refractivity contribution in [1.29, 1.82) is 0 Å². The molecule has 0 aliphatic heterocycles. The van der Waals surface area contributed by atoms with E-state index in [4.69, 9.17) is 4.74 Å². The summed E-state index contributed by atoms with van der Waals surface area (Å²) in [6.45, 7) is 1.89. The van der Waals surface area contributed by atoms with E-state index >= 15 is 0 Å². The minimum absolute atomic E-state index is 0.00727. The number of benzene rings is 3. The zero-order chi connectivity index (χ0) is 24.7. The molecule has 0 unspecified atom stereocenters. The first-order valence-electron chi connectivity index (χ1n) is 10.7. The summed E-state index contributed by atoms with van der Waals surface area (Å²) in [5.41, 5.74) is 0.817. The second kappa shape index (κ2) is 8.94. The van der Waals surface area contributed by atoms with Crippen molar-refractivity contribution in [2.45, 2.75) is 19.8 Å². The Labute approximate surface area is 196 Å². The molecule has 5 rings (SSSR count). The first-order valence-corrected chi connectivity index (χ1v) is 10.7. The van der Waals surface area contributed by atoms with Crippen LogP contribution < -0.4 is 4.74 Å². The Hall–Kier alpha value is -4.07. The lowest BCUT2D eigenvalue weighted by Crippen LogP contribution is -1.99. The van der Waals surface area contributed by atoms with Gasteiger partial charge < -0.3 is 4.74 Å². The SMILES string of the molecule is Cc1ccc2c(-c3c(Oc4cc(C(F)F)nc5c(F)cccc45)cccc3C(F)F)ccnc2c1. The summed E-state index contributed by atoms with van der Waals surface area (Å²) in [7, 11) is 0. The minimum Gasteiger partial charge on any atom is -0.456 e. The van der Waals surface area contributed by atoms with Gasteiger partial charge in [-0.25, -0.2) is 26.9 Å². The van der Waals surface area contributed by atoms with Crippen molar-refractivity contribution in [3.8, 4) is 22.6 Å². The number of hydrogen-bond donors (Lipinski definition) is 0. The second-order valence-corrected chi connectivity index (χ2v) is 7.98. The maximum absolute atomic E-state index is 14.4. The number of fused-ring (bicyclic) bond motifs is 2. The molecule has 0 spiro atoms. The number of nitrogens with zero attached hydrogens (tertiary/aromatic N) is 2. The molecule has 35 heavy (non-hydrogen) atoms. The average molecular weight is 480 g/mol. The van der Waals surface area contributed by atoms with E-state index in [1.165, 1.54) is 36.5 Å². The Balaban J connectivity index is 1.77. The second-order valence-electron chi connectivity index (χ2n) is 7.98. The molecule has 2 aromatic heterocycles. The van der Waals surface area contributed by atoms with Crippen LogP contribution in [-0.4, -0.2) is 9.97 Å². The first kappa shape index (κ1) is 22.7. The first-order chi connectivity index (χ1) is 16.8. The van der Waals surface area contributed by atoms with Crippen molar-refractivity contribution in [1.82, 2.24) is 9.97 Å². The highest BCUT2D eigenvalue weighted by Crippen LogP contribution is 2.44. The van der Waals surface area contributed by atoms with Crippen LogP contribution in [0.15, 0.2) is 72.9 Å². The third-order valence-electron chi connectivity index (χ3n) is 5.68. The zero-order valence-electron chi connectivity index (χ0n) is 18.3. The van der Waals surface area contributed by atoms with Gasteiger partial charge in [0.2, 0.25) is 0 Å². The molecule has 5 aromatic rings. The third-order valence-corrected chi connectivity index (χ3v) is 5.68. The largest absolute Gasteiger partial charge is 0.456 e. The molecule has 0 aliphatic carbocycles. The summed E-state index contributed by atoms with van der Waals surface area (Å²) >= 11 is 0. The van der Waals surface area contributed by atoms with Crippen LogP contribution in [0.3, 0.4) is 0 Å². The fraction of sp³-hybridized carbons (Fsp3) is 0.111. The molecular formula is C27H17F5N2O. The zero-order valence-corrected chi connectivity index (χ0v) is 18.3. The normalized spacial score (nSPS) is 11.7. The van der Waals surface area contributed by atoms with Crippen LogP contribution in [0.2, 0.25) is 0 Å². The molecule has 0 amide bonds. The van der Waals surface area contributed by atoms with Gasteiger partial charge in [0.05, 0.1) is 5.52 Å². The van der Waals surface area contributed by atoms with E-state index in [0.29, 0.717) is 16.5 Å². The van der Waals surface area contributed by atoms with Crippen LogP contribution in [0.4, 0.5) is 22.0 Å². The lowest BCUT2D eigenvalue weighted by molar-refractivity contribution is 0.146. The summed E-state index contributed by atoms with van der Waals surface area (Å²) in [6, 6.07) is 16.2. The summed E-state index contributed by atoms with van der Waals surface area (Å²) in [5, 5.41) is 0.757. The highest BCUT2D eigenvalue weighted by Gasteiger charge is 2.23. The molecule has 8 heteroatoms. The van der Waals surface area contributed by atoms with E-state index in [0.717, 1.165) is 17.7 Å².